The van der Waals surface area contributed by atoms with Crippen LogP contribution in [0.3, 0.4) is 0 Å². The van der Waals surface area contributed by atoms with E-state index in [0.29, 0.717) is 18.0 Å². The molecular formula is C13H21N3O2. The Hall–Kier alpha value is -1.36. The molecule has 0 saturated heterocycles. The second kappa shape index (κ2) is 5.10. The minimum Gasteiger partial charge on any atom is -0.361 e. The van der Waals surface area contributed by atoms with Crippen LogP contribution in [-0.2, 0) is 0 Å². The largest absolute Gasteiger partial charge is 0.361 e. The number of carbonyl (C=O) groups excluding carboxylic acids is 1. The number of amides is 1. The fourth-order valence-electron chi connectivity index (χ4n) is 2.62. The van der Waals surface area contributed by atoms with Gasteiger partial charge in [0, 0.05) is 18.2 Å². The summed E-state index contributed by atoms with van der Waals surface area (Å²) in [7, 11) is 4.16. The molecule has 18 heavy (non-hydrogen) atoms. The van der Waals surface area contributed by atoms with Crippen LogP contribution in [0.2, 0.25) is 0 Å². The highest BCUT2D eigenvalue weighted by atomic mass is 16.5. The molecule has 0 atom stereocenters. The van der Waals surface area contributed by atoms with E-state index >= 15 is 0 Å². The number of likely N-dealkylation sites (N-methyl/N-ethyl adjacent to an activating group) is 1. The Morgan fingerprint density at radius 3 is 2.67 bits per heavy atom. The minimum absolute atomic E-state index is 0.106. The van der Waals surface area contributed by atoms with Crippen LogP contribution in [0.25, 0.3) is 0 Å². The number of carbonyl (C=O) groups is 1. The lowest BCUT2D eigenvalue weighted by molar-refractivity contribution is 0.0891. The van der Waals surface area contributed by atoms with Gasteiger partial charge in [0.05, 0.1) is 0 Å². The number of nitrogens with one attached hydrogen (secondary N) is 1. The van der Waals surface area contributed by atoms with E-state index in [-0.39, 0.29) is 11.4 Å². The van der Waals surface area contributed by atoms with Crippen molar-refractivity contribution in [2.24, 2.45) is 0 Å². The van der Waals surface area contributed by atoms with Crippen molar-refractivity contribution in [3.05, 3.63) is 17.5 Å². The fourth-order valence-corrected chi connectivity index (χ4v) is 2.62. The van der Waals surface area contributed by atoms with Crippen LogP contribution in [0.5, 0.6) is 0 Å². The zero-order valence-corrected chi connectivity index (χ0v) is 11.3. The zero-order valence-electron chi connectivity index (χ0n) is 11.3. The minimum atomic E-state index is -0.153. The molecule has 1 saturated carbocycles. The molecule has 0 aromatic carbocycles. The van der Waals surface area contributed by atoms with Gasteiger partial charge in [0.25, 0.3) is 5.91 Å². The van der Waals surface area contributed by atoms with Crippen LogP contribution >= 0.6 is 0 Å². The third-order valence-electron chi connectivity index (χ3n) is 3.92. The highest BCUT2D eigenvalue weighted by Crippen LogP contribution is 2.33. The van der Waals surface area contributed by atoms with Gasteiger partial charge < -0.3 is 14.7 Å². The summed E-state index contributed by atoms with van der Waals surface area (Å²) < 4.78 is 4.91. The van der Waals surface area contributed by atoms with Crippen LogP contribution in [-0.4, -0.2) is 42.1 Å². The van der Waals surface area contributed by atoms with Crippen molar-refractivity contribution in [2.45, 2.75) is 38.1 Å². The van der Waals surface area contributed by atoms with Gasteiger partial charge in [-0.3, -0.25) is 4.79 Å². The lowest BCUT2D eigenvalue weighted by Crippen LogP contribution is -2.50. The predicted molar refractivity (Wildman–Crippen MR) is 68.5 cm³/mol. The summed E-state index contributed by atoms with van der Waals surface area (Å²) in [4.78, 5) is 14.2. The summed E-state index contributed by atoms with van der Waals surface area (Å²) in [6.45, 7) is 2.45. The van der Waals surface area contributed by atoms with Gasteiger partial charge in [-0.25, -0.2) is 0 Å². The van der Waals surface area contributed by atoms with Gasteiger partial charge >= 0.3 is 0 Å². The summed E-state index contributed by atoms with van der Waals surface area (Å²) in [5.41, 5.74) is 0.466. The molecular weight excluding hydrogens is 230 g/mol. The quantitative estimate of drug-likeness (QED) is 0.882. The molecule has 1 N–H and O–H groups in total. The Morgan fingerprint density at radius 2 is 2.17 bits per heavy atom. The average molecular weight is 251 g/mol. The van der Waals surface area contributed by atoms with Gasteiger partial charge in [-0.2, -0.15) is 0 Å². The topological polar surface area (TPSA) is 58.4 Å². The van der Waals surface area contributed by atoms with Crippen LogP contribution < -0.4 is 5.32 Å². The van der Waals surface area contributed by atoms with E-state index in [9.17, 15) is 4.79 Å². The molecule has 0 aliphatic heterocycles. The van der Waals surface area contributed by atoms with Crippen molar-refractivity contribution in [1.29, 1.82) is 0 Å². The van der Waals surface area contributed by atoms with Gasteiger partial charge in [0.2, 0.25) is 0 Å². The van der Waals surface area contributed by atoms with Crippen molar-refractivity contribution in [3.63, 3.8) is 0 Å². The van der Waals surface area contributed by atoms with Gasteiger partial charge in [0.15, 0.2) is 5.69 Å². The van der Waals surface area contributed by atoms with E-state index in [1.165, 1.54) is 12.8 Å². The Balaban J connectivity index is 1.96. The first-order valence-corrected chi connectivity index (χ1v) is 6.42. The lowest BCUT2D eigenvalue weighted by Gasteiger charge is -2.36. The molecule has 0 bridgehead atoms. The lowest BCUT2D eigenvalue weighted by atomic mass is 9.96. The predicted octanol–water partition coefficient (Wildman–Crippen LogP) is 1.59. The third kappa shape index (κ3) is 2.56. The summed E-state index contributed by atoms with van der Waals surface area (Å²) in [6, 6.07) is 1.66. The van der Waals surface area contributed by atoms with Crippen molar-refractivity contribution in [3.8, 4) is 0 Å². The number of nitrogens with zero attached hydrogens (tertiary/aromatic N) is 2. The molecule has 1 fully saturated rings. The maximum absolute atomic E-state index is 11.9. The van der Waals surface area contributed by atoms with Gasteiger partial charge in [-0.05, 0) is 33.9 Å². The molecule has 0 unspecified atom stereocenters. The summed E-state index contributed by atoms with van der Waals surface area (Å²) in [5, 5.41) is 6.70. The summed E-state index contributed by atoms with van der Waals surface area (Å²) >= 11 is 0. The molecule has 1 heterocycles. The van der Waals surface area contributed by atoms with E-state index < -0.39 is 0 Å². The molecule has 5 heteroatoms. The molecule has 1 aromatic rings. The Bertz CT molecular complexity index is 420. The van der Waals surface area contributed by atoms with E-state index in [1.54, 1.807) is 13.0 Å². The maximum Gasteiger partial charge on any atom is 0.273 e. The molecule has 2 rings (SSSR count). The highest BCUT2D eigenvalue weighted by Gasteiger charge is 2.36. The molecule has 0 spiro atoms. The summed E-state index contributed by atoms with van der Waals surface area (Å²) in [6.07, 6.45) is 4.74. The first-order chi connectivity index (χ1) is 8.53. The maximum atomic E-state index is 11.9. The molecule has 1 aliphatic carbocycles. The average Bonchev–Trinajstić information content (AvgIpc) is 2.95. The van der Waals surface area contributed by atoms with Crippen LogP contribution in [0, 0.1) is 6.92 Å². The van der Waals surface area contributed by atoms with E-state index in [0.717, 1.165) is 12.8 Å². The van der Waals surface area contributed by atoms with Crippen molar-refractivity contribution in [2.75, 3.05) is 20.6 Å². The van der Waals surface area contributed by atoms with Gasteiger partial charge in [-0.1, -0.05) is 18.0 Å². The number of aryl methyl sites for hydroxylation is 1. The Morgan fingerprint density at radius 1 is 1.50 bits per heavy atom. The Labute approximate surface area is 108 Å². The zero-order chi connectivity index (χ0) is 13.2. The molecule has 100 valence electrons. The van der Waals surface area contributed by atoms with E-state index in [4.69, 9.17) is 4.52 Å². The van der Waals surface area contributed by atoms with Crippen molar-refractivity contribution >= 4 is 5.91 Å². The van der Waals surface area contributed by atoms with Crippen molar-refractivity contribution < 1.29 is 9.32 Å². The second-order valence-electron chi connectivity index (χ2n) is 5.33. The molecule has 1 amide bonds. The highest BCUT2D eigenvalue weighted by molar-refractivity contribution is 5.92. The fraction of sp³-hybridized carbons (Fsp3) is 0.692. The first kappa shape index (κ1) is 13.1. The SMILES string of the molecule is Cc1cc(C(=O)NCC2(N(C)C)CCCC2)no1. The second-order valence-corrected chi connectivity index (χ2v) is 5.33. The molecule has 1 aliphatic rings. The Kier molecular flexibility index (Phi) is 3.71. The monoisotopic (exact) mass is 251 g/mol. The number of aromatic nitrogens is 1. The van der Waals surface area contributed by atoms with Crippen LogP contribution in [0.4, 0.5) is 0 Å². The standard InChI is InChI=1S/C13H21N3O2/c1-10-8-11(15-18-10)12(17)14-9-13(16(2)3)6-4-5-7-13/h8H,4-7,9H2,1-3H3,(H,14,17). The summed E-state index contributed by atoms with van der Waals surface area (Å²) in [5.74, 6) is 0.503. The van der Waals surface area contributed by atoms with Gasteiger partial charge in [-0.15, -0.1) is 0 Å². The van der Waals surface area contributed by atoms with Crippen LogP contribution in [0.15, 0.2) is 10.6 Å². The normalized spacial score (nSPS) is 18.2. The first-order valence-electron chi connectivity index (χ1n) is 6.42. The number of rotatable bonds is 4. The van der Waals surface area contributed by atoms with Gasteiger partial charge in [0.1, 0.15) is 5.76 Å². The van der Waals surface area contributed by atoms with Crippen molar-refractivity contribution in [1.82, 2.24) is 15.4 Å². The molecule has 1 aromatic heterocycles. The van der Waals surface area contributed by atoms with E-state index in [1.807, 2.05) is 0 Å². The number of hydrogen-bond acceptors (Lipinski definition) is 4. The smallest absolute Gasteiger partial charge is 0.273 e. The van der Waals surface area contributed by atoms with E-state index in [2.05, 4.69) is 29.5 Å². The van der Waals surface area contributed by atoms with Crippen LogP contribution in [0.1, 0.15) is 41.9 Å². The molecule has 0 radical (unpaired) electrons. The third-order valence-corrected chi connectivity index (χ3v) is 3.92. The number of hydrogen-bond donors (Lipinski definition) is 1. The molecule has 5 nitrogen and oxygen atoms in total.